The Kier molecular flexibility index (Phi) is 4.44. The second kappa shape index (κ2) is 6.09. The van der Waals surface area contributed by atoms with E-state index in [1.807, 2.05) is 19.9 Å². The molecule has 1 aliphatic carbocycles. The SMILES string of the molecule is CCOc1ccc(S(=O)(=O)N/N=C2/C=C(C)CC2)cc1. The molecule has 5 nitrogen and oxygen atoms in total. The Bertz CT molecular complexity index is 631. The summed E-state index contributed by atoms with van der Waals surface area (Å²) in [4.78, 5) is 2.43. The maximum absolute atomic E-state index is 12.1. The molecule has 0 unspecified atom stereocenters. The van der Waals surface area contributed by atoms with E-state index in [2.05, 4.69) is 9.93 Å². The molecular weight excluding hydrogens is 276 g/mol. The molecule has 1 aliphatic rings. The summed E-state index contributed by atoms with van der Waals surface area (Å²) in [7, 11) is -3.62. The van der Waals surface area contributed by atoms with Gasteiger partial charge in [-0.05, 0) is 57.0 Å². The lowest BCUT2D eigenvalue weighted by atomic mass is 10.3. The quantitative estimate of drug-likeness (QED) is 0.848. The highest BCUT2D eigenvalue weighted by molar-refractivity contribution is 7.89. The van der Waals surface area contributed by atoms with Gasteiger partial charge in [0, 0.05) is 0 Å². The number of nitrogens with one attached hydrogen (secondary N) is 1. The van der Waals surface area contributed by atoms with Gasteiger partial charge in [-0.25, -0.2) is 0 Å². The van der Waals surface area contributed by atoms with Crippen LogP contribution in [0.2, 0.25) is 0 Å². The second-order valence-corrected chi connectivity index (χ2v) is 6.25. The number of rotatable bonds is 5. The topological polar surface area (TPSA) is 67.8 Å². The molecule has 0 aliphatic heterocycles. The predicted octanol–water partition coefficient (Wildman–Crippen LogP) is 2.46. The first kappa shape index (κ1) is 14.6. The third-order valence-electron chi connectivity index (χ3n) is 2.94. The number of hydrogen-bond acceptors (Lipinski definition) is 4. The Labute approximate surface area is 119 Å². The third kappa shape index (κ3) is 3.60. The van der Waals surface area contributed by atoms with Gasteiger partial charge < -0.3 is 4.74 Å². The molecule has 1 aromatic carbocycles. The van der Waals surface area contributed by atoms with Gasteiger partial charge in [0.05, 0.1) is 17.2 Å². The van der Waals surface area contributed by atoms with Crippen LogP contribution in [0.4, 0.5) is 0 Å². The van der Waals surface area contributed by atoms with Crippen LogP contribution in [0.15, 0.2) is 45.9 Å². The molecule has 6 heteroatoms. The van der Waals surface area contributed by atoms with Gasteiger partial charge in [0.1, 0.15) is 5.75 Å². The Morgan fingerprint density at radius 2 is 1.95 bits per heavy atom. The molecule has 1 aromatic rings. The molecule has 0 saturated heterocycles. The molecule has 0 spiro atoms. The predicted molar refractivity (Wildman–Crippen MR) is 78.4 cm³/mol. The Balaban J connectivity index is 2.10. The second-order valence-electron chi connectivity index (χ2n) is 4.59. The van der Waals surface area contributed by atoms with E-state index in [0.717, 1.165) is 18.6 Å². The summed E-state index contributed by atoms with van der Waals surface area (Å²) in [5, 5.41) is 3.95. The van der Waals surface area contributed by atoms with Gasteiger partial charge in [0.25, 0.3) is 10.0 Å². The number of benzene rings is 1. The fraction of sp³-hybridized carbons (Fsp3) is 0.357. The van der Waals surface area contributed by atoms with Crippen LogP contribution < -0.4 is 9.57 Å². The van der Waals surface area contributed by atoms with Crippen molar-refractivity contribution >= 4 is 15.7 Å². The normalized spacial score (nSPS) is 17.1. The fourth-order valence-electron chi connectivity index (χ4n) is 1.90. The molecule has 0 bridgehead atoms. The van der Waals surface area contributed by atoms with E-state index in [-0.39, 0.29) is 4.90 Å². The lowest BCUT2D eigenvalue weighted by Crippen LogP contribution is -2.19. The maximum Gasteiger partial charge on any atom is 0.276 e. The van der Waals surface area contributed by atoms with E-state index in [4.69, 9.17) is 4.74 Å². The van der Waals surface area contributed by atoms with Crippen LogP contribution in [0.3, 0.4) is 0 Å². The standard InChI is InChI=1S/C14H18N2O3S/c1-3-19-13-6-8-14(9-7-13)20(17,18)16-15-12-5-4-11(2)10-12/h6-10,16H,3-5H2,1-2H3/b15-12+. The zero-order chi connectivity index (χ0) is 14.6. The first-order chi connectivity index (χ1) is 9.51. The molecule has 0 heterocycles. The molecule has 108 valence electrons. The lowest BCUT2D eigenvalue weighted by Gasteiger charge is -2.06. The molecule has 0 saturated carbocycles. The van der Waals surface area contributed by atoms with Gasteiger partial charge >= 0.3 is 0 Å². The van der Waals surface area contributed by atoms with Gasteiger partial charge in [-0.2, -0.15) is 18.4 Å². The molecule has 20 heavy (non-hydrogen) atoms. The van der Waals surface area contributed by atoms with Gasteiger partial charge in [-0.3, -0.25) is 0 Å². The number of hydrazone groups is 1. The first-order valence-electron chi connectivity index (χ1n) is 6.49. The van der Waals surface area contributed by atoms with Crippen LogP contribution in [0, 0.1) is 0 Å². The van der Waals surface area contributed by atoms with E-state index in [1.165, 1.54) is 17.7 Å². The third-order valence-corrected chi connectivity index (χ3v) is 4.17. The van der Waals surface area contributed by atoms with Crippen molar-refractivity contribution in [2.24, 2.45) is 5.10 Å². The molecule has 2 rings (SSSR count). The van der Waals surface area contributed by atoms with Crippen molar-refractivity contribution in [1.29, 1.82) is 0 Å². The highest BCUT2D eigenvalue weighted by Crippen LogP contribution is 2.17. The number of hydrogen-bond donors (Lipinski definition) is 1. The minimum absolute atomic E-state index is 0.170. The minimum Gasteiger partial charge on any atom is -0.494 e. The zero-order valence-electron chi connectivity index (χ0n) is 11.6. The van der Waals surface area contributed by atoms with Crippen LogP contribution in [0.1, 0.15) is 26.7 Å². The average molecular weight is 294 g/mol. The Hall–Kier alpha value is -1.82. The van der Waals surface area contributed by atoms with Crippen molar-refractivity contribution in [3.05, 3.63) is 35.9 Å². The summed E-state index contributed by atoms with van der Waals surface area (Å²) >= 11 is 0. The van der Waals surface area contributed by atoms with Crippen molar-refractivity contribution in [3.8, 4) is 5.75 Å². The summed E-state index contributed by atoms with van der Waals surface area (Å²) in [5.41, 5.74) is 1.97. The molecule has 0 amide bonds. The summed E-state index contributed by atoms with van der Waals surface area (Å²) in [6.07, 6.45) is 3.61. The van der Waals surface area contributed by atoms with E-state index >= 15 is 0 Å². The van der Waals surface area contributed by atoms with Gasteiger partial charge in [0.15, 0.2) is 0 Å². The average Bonchev–Trinajstić information content (AvgIpc) is 2.84. The number of sulfonamides is 1. The van der Waals surface area contributed by atoms with Crippen LogP contribution in [0.5, 0.6) is 5.75 Å². The highest BCUT2D eigenvalue weighted by Gasteiger charge is 2.14. The Morgan fingerprint density at radius 1 is 1.25 bits per heavy atom. The fourth-order valence-corrected chi connectivity index (χ4v) is 2.73. The van der Waals surface area contributed by atoms with E-state index in [0.29, 0.717) is 12.4 Å². The monoisotopic (exact) mass is 294 g/mol. The van der Waals surface area contributed by atoms with Gasteiger partial charge in [0.2, 0.25) is 0 Å². The van der Waals surface area contributed by atoms with Crippen LogP contribution in [-0.4, -0.2) is 20.7 Å². The van der Waals surface area contributed by atoms with Crippen molar-refractivity contribution in [2.45, 2.75) is 31.6 Å². The zero-order valence-corrected chi connectivity index (χ0v) is 12.4. The van der Waals surface area contributed by atoms with E-state index in [1.54, 1.807) is 12.1 Å². The van der Waals surface area contributed by atoms with Crippen LogP contribution in [-0.2, 0) is 10.0 Å². The number of allylic oxidation sites excluding steroid dienone is 2. The summed E-state index contributed by atoms with van der Waals surface area (Å²) in [6.45, 7) is 4.42. The summed E-state index contributed by atoms with van der Waals surface area (Å²) < 4.78 is 29.4. The maximum atomic E-state index is 12.1. The molecule has 0 fully saturated rings. The summed E-state index contributed by atoms with van der Waals surface area (Å²) in [6, 6.07) is 6.27. The lowest BCUT2D eigenvalue weighted by molar-refractivity contribution is 0.340. The minimum atomic E-state index is -3.62. The van der Waals surface area contributed by atoms with Crippen LogP contribution in [0.25, 0.3) is 0 Å². The number of ether oxygens (including phenoxy) is 1. The summed E-state index contributed by atoms with van der Waals surface area (Å²) in [5.74, 6) is 0.645. The molecule has 0 radical (unpaired) electrons. The molecule has 0 atom stereocenters. The van der Waals surface area contributed by atoms with Crippen LogP contribution >= 0.6 is 0 Å². The largest absolute Gasteiger partial charge is 0.494 e. The van der Waals surface area contributed by atoms with Gasteiger partial charge in [-0.1, -0.05) is 5.57 Å². The van der Waals surface area contributed by atoms with E-state index < -0.39 is 10.0 Å². The van der Waals surface area contributed by atoms with Crippen molar-refractivity contribution in [1.82, 2.24) is 4.83 Å². The smallest absolute Gasteiger partial charge is 0.276 e. The van der Waals surface area contributed by atoms with Crippen molar-refractivity contribution in [2.75, 3.05) is 6.61 Å². The van der Waals surface area contributed by atoms with E-state index in [9.17, 15) is 8.42 Å². The Morgan fingerprint density at radius 3 is 2.50 bits per heavy atom. The number of nitrogens with zero attached hydrogens (tertiary/aromatic N) is 1. The first-order valence-corrected chi connectivity index (χ1v) is 7.98. The highest BCUT2D eigenvalue weighted by atomic mass is 32.2. The van der Waals surface area contributed by atoms with Crippen molar-refractivity contribution < 1.29 is 13.2 Å². The molecule has 0 aromatic heterocycles. The molecular formula is C14H18N2O3S. The van der Waals surface area contributed by atoms with Gasteiger partial charge in [-0.15, -0.1) is 0 Å². The van der Waals surface area contributed by atoms with Crippen molar-refractivity contribution in [3.63, 3.8) is 0 Å². The molecule has 1 N–H and O–H groups in total.